The van der Waals surface area contributed by atoms with E-state index < -0.39 is 158 Å². The van der Waals surface area contributed by atoms with Crippen molar-refractivity contribution in [2.45, 2.75) is 216 Å². The quantitative estimate of drug-likeness (QED) is 0.0262. The number of rotatable bonds is 57. The van der Waals surface area contributed by atoms with E-state index in [9.17, 15) is 88.7 Å². The lowest BCUT2D eigenvalue weighted by atomic mass is 9.92. The zero-order chi connectivity index (χ0) is 72.6. The van der Waals surface area contributed by atoms with E-state index in [-0.39, 0.29) is 125 Å². The second-order valence-electron chi connectivity index (χ2n) is 23.9. The van der Waals surface area contributed by atoms with Gasteiger partial charge in [0, 0.05) is 67.0 Å². The minimum absolute atomic E-state index is 0.0159. The van der Waals surface area contributed by atoms with Gasteiger partial charge in [-0.15, -0.1) is 0 Å². The van der Waals surface area contributed by atoms with Crippen molar-refractivity contribution in [3.63, 3.8) is 0 Å². The summed E-state index contributed by atoms with van der Waals surface area (Å²) in [5.74, 6) is -1.44. The third-order valence-electron chi connectivity index (χ3n) is 15.4. The molecule has 15 N–H and O–H groups in total. The Hall–Kier alpha value is -2.02. The molecule has 0 aromatic rings. The molecule has 3 amide bonds. The van der Waals surface area contributed by atoms with E-state index in [1.807, 2.05) is 0 Å². The normalized spacial score (nSPS) is 28.5. The van der Waals surface area contributed by atoms with E-state index in [0.29, 0.717) is 83.7 Å². The number of nitrogens with one attached hydrogen (secondary N) is 3. The number of carbonyl (C=O) groups excluding carboxylic acids is 3. The van der Waals surface area contributed by atoms with Gasteiger partial charge < -0.3 is 124 Å². The number of aliphatic hydroxyl groups excluding tert-OH is 9. The van der Waals surface area contributed by atoms with Crippen LogP contribution >= 0.6 is 23.5 Å². The molecule has 3 fully saturated rings. The molecule has 3 rings (SSSR count). The highest BCUT2D eigenvalue weighted by Gasteiger charge is 2.48. The summed E-state index contributed by atoms with van der Waals surface area (Å²) in [7, 11) is -13.3. The second-order valence-corrected chi connectivity index (χ2v) is 28.3. The van der Waals surface area contributed by atoms with Crippen LogP contribution in [0, 0.1) is 5.41 Å². The number of ether oxygens (including phenoxy) is 10. The molecule has 0 radical (unpaired) electrons. The Kier molecular flexibility index (Phi) is 45.7. The van der Waals surface area contributed by atoms with Crippen molar-refractivity contribution in [1.82, 2.24) is 16.0 Å². The lowest BCUT2D eigenvalue weighted by Gasteiger charge is -2.42. The van der Waals surface area contributed by atoms with Gasteiger partial charge in [-0.1, -0.05) is 38.5 Å². The summed E-state index contributed by atoms with van der Waals surface area (Å²) in [4.78, 5) is 66.0. The minimum Gasteiger partial charge on any atom is -0.394 e. The van der Waals surface area contributed by atoms with E-state index in [1.54, 1.807) is 6.92 Å². The van der Waals surface area contributed by atoms with Crippen LogP contribution in [0.1, 0.15) is 124 Å². The van der Waals surface area contributed by atoms with Crippen molar-refractivity contribution in [3.05, 3.63) is 0 Å². The molecule has 3 heterocycles. The van der Waals surface area contributed by atoms with E-state index in [2.05, 4.69) is 16.0 Å². The molecule has 578 valence electrons. The Morgan fingerprint density at radius 2 is 0.592 bits per heavy atom. The van der Waals surface area contributed by atoms with Crippen LogP contribution < -0.4 is 16.0 Å². The fourth-order valence-electron chi connectivity index (χ4n) is 10.2. The molecule has 0 aliphatic carbocycles. The summed E-state index contributed by atoms with van der Waals surface area (Å²) >= 11 is 0. The summed E-state index contributed by atoms with van der Waals surface area (Å²) < 4.78 is 127. The van der Waals surface area contributed by atoms with Crippen molar-refractivity contribution in [1.29, 1.82) is 0 Å². The predicted octanol–water partition coefficient (Wildman–Crippen LogP) is -0.808. The number of amides is 3. The Balaban J connectivity index is 1.42. The van der Waals surface area contributed by atoms with Crippen molar-refractivity contribution >= 4 is 41.2 Å². The number of aliphatic hydroxyl groups is 9. The first kappa shape index (κ1) is 90.2. The molecule has 37 nitrogen and oxygen atoms in total. The SMILES string of the molecule is CCOCC(COCCCOP(=O)(O)OCCCCCCOC1OC(CO)C(O)C(O)C1NC(C)=O)(COCCCOP(=O)(O)OCCCCCCOC1OC(CO)C(O)C(O)C1NC(C)=O)COCCCOP(=O)(O)OCCCCCCOC1OC(CO)C(O)C(O)C1NC(C)=O. The molecule has 3 saturated heterocycles. The topological polar surface area (TPSA) is 529 Å². The van der Waals surface area contributed by atoms with Crippen LogP contribution in [-0.4, -0.2) is 302 Å². The van der Waals surface area contributed by atoms with Crippen LogP contribution in [0.3, 0.4) is 0 Å². The van der Waals surface area contributed by atoms with Gasteiger partial charge in [-0.3, -0.25) is 41.5 Å². The van der Waals surface area contributed by atoms with Gasteiger partial charge in [-0.2, -0.15) is 0 Å². The predicted molar refractivity (Wildman–Crippen MR) is 340 cm³/mol. The number of phosphoric ester groups is 3. The lowest BCUT2D eigenvalue weighted by molar-refractivity contribution is -0.270. The van der Waals surface area contributed by atoms with Gasteiger partial charge in [0.05, 0.1) is 91.3 Å². The molecule has 3 aliphatic rings. The van der Waals surface area contributed by atoms with Gasteiger partial charge in [0.15, 0.2) is 18.9 Å². The average molecular weight is 1490 g/mol. The number of hydrogen-bond donors (Lipinski definition) is 15. The van der Waals surface area contributed by atoms with Gasteiger partial charge in [0.25, 0.3) is 0 Å². The second kappa shape index (κ2) is 49.7. The van der Waals surface area contributed by atoms with Crippen molar-refractivity contribution in [3.8, 4) is 0 Å². The molecule has 18 atom stereocenters. The fourth-order valence-corrected chi connectivity index (χ4v) is 12.6. The summed E-state index contributed by atoms with van der Waals surface area (Å²) in [5.41, 5.74) is -0.974. The molecule has 0 bridgehead atoms. The zero-order valence-electron chi connectivity index (χ0n) is 56.6. The number of carbonyl (C=O) groups is 3. The third-order valence-corrected chi connectivity index (χ3v) is 18.4. The van der Waals surface area contributed by atoms with Gasteiger partial charge in [-0.25, -0.2) is 13.7 Å². The molecular formula is C58H112N3O34P3. The highest BCUT2D eigenvalue weighted by Crippen LogP contribution is 2.45. The number of hydrogen-bond acceptors (Lipinski definition) is 31. The van der Waals surface area contributed by atoms with Crippen LogP contribution in [0.4, 0.5) is 0 Å². The Morgan fingerprint density at radius 3 is 0.827 bits per heavy atom. The Labute approximate surface area is 572 Å². The molecular weight excluding hydrogens is 1380 g/mol. The van der Waals surface area contributed by atoms with Crippen LogP contribution in [0.25, 0.3) is 0 Å². The van der Waals surface area contributed by atoms with Crippen LogP contribution in [0.2, 0.25) is 0 Å². The first-order valence-electron chi connectivity index (χ1n) is 33.3. The van der Waals surface area contributed by atoms with Crippen LogP contribution in [0.5, 0.6) is 0 Å². The first-order chi connectivity index (χ1) is 46.6. The largest absolute Gasteiger partial charge is 0.472 e. The maximum atomic E-state index is 12.7. The molecule has 0 aromatic carbocycles. The maximum Gasteiger partial charge on any atom is 0.472 e. The number of phosphoric acid groups is 3. The van der Waals surface area contributed by atoms with Crippen molar-refractivity contribution < 1.29 is 163 Å². The van der Waals surface area contributed by atoms with E-state index in [4.69, 9.17) is 74.5 Å². The average Bonchev–Trinajstić information content (AvgIpc) is 0.824. The molecule has 0 aromatic heterocycles. The van der Waals surface area contributed by atoms with Gasteiger partial charge in [0.1, 0.15) is 73.1 Å². The summed E-state index contributed by atoms with van der Waals surface area (Å²) in [6, 6.07) is -3.21. The Morgan fingerprint density at radius 1 is 0.357 bits per heavy atom. The van der Waals surface area contributed by atoms with Gasteiger partial charge in [-0.05, 0) is 64.7 Å². The standard InChI is InChI=1S/C58H112N3O34P3/c1-5-80-36-58(37-81-21-18-30-90-96(74,75)87-27-15-9-6-12-24-84-55-46(59-40(2)65)52(71)49(68)43(33-62)93-55,38-82-22-19-31-91-97(76,77)88-28-16-10-7-13-25-85-56-47(60-41(3)66)53(72)50(69)44(34-63)94-56)39-83-23-20-32-92-98(78,79)89-29-17-11-8-14-26-86-57-48(61-42(4)67)54(73)51(70)45(35-64)95-57/h43-57,62-64,68-73H,5-39H2,1-4H3,(H,59,65)(H,60,66)(H,61,67)(H,74,75)(H,76,77)(H,78,79). The minimum atomic E-state index is -4.45. The summed E-state index contributed by atoms with van der Waals surface area (Å²) in [6.07, 6.45) is -8.69. The van der Waals surface area contributed by atoms with Crippen molar-refractivity contribution in [2.24, 2.45) is 5.41 Å². The third kappa shape index (κ3) is 36.1. The number of unbranched alkanes of at least 4 members (excludes halogenated alkanes) is 9. The van der Waals surface area contributed by atoms with Gasteiger partial charge >= 0.3 is 23.5 Å². The lowest BCUT2D eigenvalue weighted by Crippen LogP contribution is -2.64. The fraction of sp³-hybridized carbons (Fsp3) is 0.948. The molecule has 3 aliphatic heterocycles. The Bertz CT molecular complexity index is 2080. The van der Waals surface area contributed by atoms with Crippen molar-refractivity contribution in [2.75, 3.05) is 132 Å². The highest BCUT2D eigenvalue weighted by atomic mass is 31.2. The van der Waals surface area contributed by atoms with Crippen LogP contribution in [-0.2, 0) is 103 Å². The summed E-state index contributed by atoms with van der Waals surface area (Å²) in [6.45, 7) is 3.66. The molecule has 18 unspecified atom stereocenters. The van der Waals surface area contributed by atoms with Gasteiger partial charge in [0.2, 0.25) is 17.7 Å². The molecule has 40 heteroatoms. The molecule has 0 saturated carbocycles. The first-order valence-corrected chi connectivity index (χ1v) is 37.8. The van der Waals surface area contributed by atoms with Crippen LogP contribution in [0.15, 0.2) is 0 Å². The summed E-state index contributed by atoms with van der Waals surface area (Å²) in [5, 5.41) is 98.0. The molecule has 0 spiro atoms. The smallest absolute Gasteiger partial charge is 0.394 e. The monoisotopic (exact) mass is 1490 g/mol. The maximum absolute atomic E-state index is 12.7. The van der Waals surface area contributed by atoms with E-state index in [1.165, 1.54) is 20.8 Å². The van der Waals surface area contributed by atoms with E-state index >= 15 is 0 Å². The zero-order valence-corrected chi connectivity index (χ0v) is 59.3. The molecule has 98 heavy (non-hydrogen) atoms. The van der Waals surface area contributed by atoms with E-state index in [0.717, 1.165) is 0 Å². The highest BCUT2D eigenvalue weighted by molar-refractivity contribution is 7.47.